The van der Waals surface area contributed by atoms with Gasteiger partial charge in [-0.3, -0.25) is 0 Å². The third-order valence-electron chi connectivity index (χ3n) is 4.99. The maximum Gasteiger partial charge on any atom is 0.430 e. The predicted octanol–water partition coefficient (Wildman–Crippen LogP) is 5.80. The van der Waals surface area contributed by atoms with Crippen molar-refractivity contribution < 1.29 is 32.5 Å². The number of carboxylic acid groups (broad SMARTS) is 1. The molecular formula is C21H16ClF3O4. The summed E-state index contributed by atoms with van der Waals surface area (Å²) in [6.07, 6.45) is -2.31. The van der Waals surface area contributed by atoms with Gasteiger partial charge < -0.3 is 14.6 Å². The number of hydrogen-bond donors (Lipinski definition) is 1. The summed E-state index contributed by atoms with van der Waals surface area (Å²) < 4.78 is 50.5. The van der Waals surface area contributed by atoms with Crippen molar-refractivity contribution in [2.75, 3.05) is 0 Å². The van der Waals surface area contributed by atoms with Crippen LogP contribution in [0.1, 0.15) is 29.5 Å². The van der Waals surface area contributed by atoms with Gasteiger partial charge in [-0.1, -0.05) is 17.7 Å². The van der Waals surface area contributed by atoms with E-state index < -0.39 is 23.8 Å². The lowest BCUT2D eigenvalue weighted by Crippen LogP contribution is -2.40. The van der Waals surface area contributed by atoms with Gasteiger partial charge in [0.2, 0.25) is 6.10 Å². The lowest BCUT2D eigenvalue weighted by Gasteiger charge is -2.27. The number of aliphatic carboxylic acids is 1. The molecule has 1 N–H and O–H groups in total. The Hall–Kier alpha value is -2.67. The van der Waals surface area contributed by atoms with Crippen molar-refractivity contribution >= 4 is 23.6 Å². The molecule has 4 rings (SSSR count). The maximum atomic E-state index is 13.2. The van der Waals surface area contributed by atoms with Gasteiger partial charge in [0.25, 0.3) is 0 Å². The summed E-state index contributed by atoms with van der Waals surface area (Å²) >= 11 is 6.23. The SMILES string of the molecule is O=C(O)C1=Cc2cc(Cl)c(Oc3ccc4c(c3)CCCC4)cc2OC1C(F)(F)F. The van der Waals surface area contributed by atoms with Crippen LogP contribution in [0.4, 0.5) is 13.2 Å². The summed E-state index contributed by atoms with van der Waals surface area (Å²) in [4.78, 5) is 11.2. The van der Waals surface area contributed by atoms with E-state index >= 15 is 0 Å². The van der Waals surface area contributed by atoms with Crippen molar-refractivity contribution in [1.82, 2.24) is 0 Å². The minimum atomic E-state index is -4.87. The fraction of sp³-hybridized carbons (Fsp3) is 0.286. The molecule has 0 amide bonds. The number of carboxylic acids is 1. The zero-order chi connectivity index (χ0) is 20.8. The summed E-state index contributed by atoms with van der Waals surface area (Å²) in [5, 5.41) is 9.24. The average molecular weight is 425 g/mol. The second kappa shape index (κ2) is 7.30. The number of fused-ring (bicyclic) bond motifs is 2. The summed E-state index contributed by atoms with van der Waals surface area (Å²) in [7, 11) is 0. The van der Waals surface area contributed by atoms with E-state index in [1.807, 2.05) is 12.1 Å². The minimum Gasteiger partial charge on any atom is -0.478 e. The van der Waals surface area contributed by atoms with Crippen LogP contribution in [0.3, 0.4) is 0 Å². The Morgan fingerprint density at radius 3 is 2.55 bits per heavy atom. The van der Waals surface area contributed by atoms with Crippen LogP contribution in [0.25, 0.3) is 6.08 Å². The quantitative estimate of drug-likeness (QED) is 0.676. The summed E-state index contributed by atoms with van der Waals surface area (Å²) in [5.41, 5.74) is 1.70. The zero-order valence-electron chi connectivity index (χ0n) is 15.1. The van der Waals surface area contributed by atoms with Gasteiger partial charge >= 0.3 is 12.1 Å². The highest BCUT2D eigenvalue weighted by molar-refractivity contribution is 6.32. The predicted molar refractivity (Wildman–Crippen MR) is 101 cm³/mol. The Bertz CT molecular complexity index is 1010. The van der Waals surface area contributed by atoms with Crippen molar-refractivity contribution in [2.45, 2.75) is 38.0 Å². The second-order valence-corrected chi connectivity index (χ2v) is 7.41. The van der Waals surface area contributed by atoms with E-state index in [-0.39, 0.29) is 22.1 Å². The van der Waals surface area contributed by atoms with E-state index in [0.29, 0.717) is 5.75 Å². The van der Waals surface area contributed by atoms with Crippen LogP contribution < -0.4 is 9.47 Å². The molecule has 0 spiro atoms. The molecule has 2 aliphatic rings. The van der Waals surface area contributed by atoms with E-state index in [0.717, 1.165) is 31.8 Å². The van der Waals surface area contributed by atoms with Crippen LogP contribution in [-0.2, 0) is 17.6 Å². The molecule has 0 saturated carbocycles. The van der Waals surface area contributed by atoms with Gasteiger partial charge in [0.05, 0.1) is 10.6 Å². The van der Waals surface area contributed by atoms with Crippen LogP contribution in [0.15, 0.2) is 35.9 Å². The van der Waals surface area contributed by atoms with Crippen LogP contribution in [0, 0.1) is 0 Å². The topological polar surface area (TPSA) is 55.8 Å². The number of carbonyl (C=O) groups is 1. The first-order valence-electron chi connectivity index (χ1n) is 9.04. The lowest BCUT2D eigenvalue weighted by molar-refractivity contribution is -0.187. The van der Waals surface area contributed by atoms with E-state index in [1.54, 1.807) is 6.07 Å². The first kappa shape index (κ1) is 19.6. The van der Waals surface area contributed by atoms with Gasteiger partial charge in [-0.25, -0.2) is 4.79 Å². The van der Waals surface area contributed by atoms with Crippen molar-refractivity contribution in [2.24, 2.45) is 0 Å². The van der Waals surface area contributed by atoms with Crippen molar-refractivity contribution in [3.05, 3.63) is 57.6 Å². The Labute approximate surface area is 169 Å². The third-order valence-corrected chi connectivity index (χ3v) is 5.29. The van der Waals surface area contributed by atoms with Crippen LogP contribution in [0.2, 0.25) is 5.02 Å². The molecule has 0 fully saturated rings. The largest absolute Gasteiger partial charge is 0.478 e. The smallest absolute Gasteiger partial charge is 0.430 e. The second-order valence-electron chi connectivity index (χ2n) is 7.00. The Morgan fingerprint density at radius 2 is 1.86 bits per heavy atom. The summed E-state index contributed by atoms with van der Waals surface area (Å²) in [5.74, 6) is -1.19. The van der Waals surface area contributed by atoms with Crippen LogP contribution in [0.5, 0.6) is 17.2 Å². The van der Waals surface area contributed by atoms with Gasteiger partial charge in [0, 0.05) is 11.6 Å². The van der Waals surface area contributed by atoms with Crippen molar-refractivity contribution in [1.29, 1.82) is 0 Å². The Balaban J connectivity index is 1.68. The number of ether oxygens (including phenoxy) is 2. The van der Waals surface area contributed by atoms with Gasteiger partial charge in [-0.15, -0.1) is 0 Å². The van der Waals surface area contributed by atoms with E-state index in [1.165, 1.54) is 23.3 Å². The fourth-order valence-corrected chi connectivity index (χ4v) is 3.80. The van der Waals surface area contributed by atoms with E-state index in [4.69, 9.17) is 26.2 Å². The van der Waals surface area contributed by atoms with Gasteiger partial charge in [0.1, 0.15) is 17.2 Å². The first-order valence-corrected chi connectivity index (χ1v) is 9.41. The normalized spacial score (nSPS) is 18.2. The molecule has 1 atom stereocenters. The molecule has 4 nitrogen and oxygen atoms in total. The molecule has 2 aromatic carbocycles. The molecular weight excluding hydrogens is 409 g/mol. The highest BCUT2D eigenvalue weighted by atomic mass is 35.5. The highest BCUT2D eigenvalue weighted by Crippen LogP contribution is 2.42. The van der Waals surface area contributed by atoms with Crippen molar-refractivity contribution in [3.8, 4) is 17.2 Å². The van der Waals surface area contributed by atoms with Gasteiger partial charge in [-0.05, 0) is 61.1 Å². The van der Waals surface area contributed by atoms with Gasteiger partial charge in [0.15, 0.2) is 0 Å². The standard InChI is InChI=1S/C21H16ClF3O4/c22-16-9-13-8-15(20(26)27)19(21(23,24)25)29-17(13)10-18(16)28-14-6-5-11-3-1-2-4-12(11)7-14/h5-10,19H,1-4H2,(H,26,27). The van der Waals surface area contributed by atoms with Crippen molar-refractivity contribution in [3.63, 3.8) is 0 Å². The number of benzene rings is 2. The van der Waals surface area contributed by atoms with E-state index in [9.17, 15) is 18.0 Å². The zero-order valence-corrected chi connectivity index (χ0v) is 15.8. The monoisotopic (exact) mass is 424 g/mol. The molecule has 0 saturated heterocycles. The molecule has 152 valence electrons. The Morgan fingerprint density at radius 1 is 1.14 bits per heavy atom. The molecule has 8 heteroatoms. The molecule has 0 bridgehead atoms. The molecule has 1 unspecified atom stereocenters. The Kier molecular flexibility index (Phi) is 4.94. The molecule has 0 radical (unpaired) electrons. The molecule has 0 aromatic heterocycles. The number of rotatable bonds is 3. The average Bonchev–Trinajstić information content (AvgIpc) is 2.67. The molecule has 1 aliphatic carbocycles. The number of aryl methyl sites for hydroxylation is 2. The molecule has 2 aromatic rings. The molecule has 1 heterocycles. The first-order chi connectivity index (χ1) is 13.7. The summed E-state index contributed by atoms with van der Waals surface area (Å²) in [6, 6.07) is 8.27. The molecule has 1 aliphatic heterocycles. The lowest BCUT2D eigenvalue weighted by atomic mass is 9.92. The highest BCUT2D eigenvalue weighted by Gasteiger charge is 2.48. The van der Waals surface area contributed by atoms with Gasteiger partial charge in [-0.2, -0.15) is 13.2 Å². The number of halogens is 4. The summed E-state index contributed by atoms with van der Waals surface area (Å²) in [6.45, 7) is 0. The number of hydrogen-bond acceptors (Lipinski definition) is 3. The van der Waals surface area contributed by atoms with Crippen LogP contribution in [-0.4, -0.2) is 23.4 Å². The fourth-order valence-electron chi connectivity index (χ4n) is 3.59. The van der Waals surface area contributed by atoms with E-state index in [2.05, 4.69) is 0 Å². The van der Waals surface area contributed by atoms with Crippen LogP contribution >= 0.6 is 11.6 Å². The number of alkyl halides is 3. The molecule has 29 heavy (non-hydrogen) atoms. The maximum absolute atomic E-state index is 13.2. The third kappa shape index (κ3) is 3.92. The minimum absolute atomic E-state index is 0.134.